The zero-order valence-corrected chi connectivity index (χ0v) is 20.4. The number of nitrogens with zero attached hydrogens (tertiary/aromatic N) is 5. The quantitative estimate of drug-likeness (QED) is 0.332. The molecule has 0 amide bonds. The van der Waals surface area contributed by atoms with E-state index < -0.39 is 6.10 Å². The normalized spacial score (nSPS) is 12.4. The largest absolute Gasteiger partial charge is 0.491 e. The Labute approximate surface area is 199 Å². The van der Waals surface area contributed by atoms with Crippen LogP contribution in [0.2, 0.25) is 0 Å². The van der Waals surface area contributed by atoms with Gasteiger partial charge in [0.05, 0.1) is 23.5 Å². The molecule has 0 bridgehead atoms. The first-order valence-corrected chi connectivity index (χ1v) is 11.5. The van der Waals surface area contributed by atoms with E-state index in [9.17, 15) is 5.11 Å². The number of likely N-dealkylation sites (N-methyl/N-ethyl adjacent to an activating group) is 1. The molecule has 4 rings (SSSR count). The van der Waals surface area contributed by atoms with Crippen molar-refractivity contribution in [2.75, 3.05) is 25.5 Å². The SMILES string of the molecule is CNCC(O)COc1cccc(-c2cc(NCc3cnn(C)c3C)c3cnn(C(C)C)c3n2)c1. The summed E-state index contributed by atoms with van der Waals surface area (Å²) in [5.41, 5.74) is 5.81. The maximum absolute atomic E-state index is 9.96. The fourth-order valence-electron chi connectivity index (χ4n) is 3.83. The van der Waals surface area contributed by atoms with E-state index >= 15 is 0 Å². The lowest BCUT2D eigenvalue weighted by molar-refractivity contribution is 0.108. The Morgan fingerprint density at radius 1 is 1.15 bits per heavy atom. The van der Waals surface area contributed by atoms with Crippen LogP contribution in [0.25, 0.3) is 22.3 Å². The van der Waals surface area contributed by atoms with E-state index in [1.807, 2.05) is 53.1 Å². The standard InChI is InChI=1S/C25H33N7O2/c1-16(2)32-25-22(14-29-32)24(27-11-19-12-28-31(5)17(19)3)10-23(30-25)18-7-6-8-21(9-18)34-15-20(33)13-26-4/h6-10,12,14,16,20,26,33H,11,13,15H2,1-5H3,(H,27,30). The molecule has 0 saturated carbocycles. The summed E-state index contributed by atoms with van der Waals surface area (Å²) in [5, 5.41) is 26.4. The molecule has 9 heteroatoms. The van der Waals surface area contributed by atoms with Crippen LogP contribution in [0.3, 0.4) is 0 Å². The van der Waals surface area contributed by atoms with Gasteiger partial charge in [-0.25, -0.2) is 9.67 Å². The van der Waals surface area contributed by atoms with Gasteiger partial charge in [0.15, 0.2) is 5.65 Å². The van der Waals surface area contributed by atoms with Crippen molar-refractivity contribution in [2.24, 2.45) is 7.05 Å². The molecule has 0 aliphatic rings. The third kappa shape index (κ3) is 5.05. The molecule has 1 atom stereocenters. The Morgan fingerprint density at radius 3 is 2.68 bits per heavy atom. The minimum Gasteiger partial charge on any atom is -0.491 e. The number of aliphatic hydroxyl groups excluding tert-OH is 1. The highest BCUT2D eigenvalue weighted by Crippen LogP contribution is 2.31. The Morgan fingerprint density at radius 2 is 1.97 bits per heavy atom. The zero-order chi connectivity index (χ0) is 24.2. The van der Waals surface area contributed by atoms with Gasteiger partial charge in [0.25, 0.3) is 0 Å². The number of aryl methyl sites for hydroxylation is 1. The molecule has 0 aliphatic heterocycles. The maximum atomic E-state index is 9.96. The summed E-state index contributed by atoms with van der Waals surface area (Å²) in [5.74, 6) is 0.687. The number of benzene rings is 1. The number of nitrogens with one attached hydrogen (secondary N) is 2. The molecule has 3 aromatic heterocycles. The predicted octanol–water partition coefficient (Wildman–Crippen LogP) is 3.29. The molecule has 4 aromatic rings. The van der Waals surface area contributed by atoms with E-state index in [2.05, 4.69) is 47.7 Å². The van der Waals surface area contributed by atoms with Crippen molar-refractivity contribution in [1.82, 2.24) is 29.9 Å². The zero-order valence-electron chi connectivity index (χ0n) is 20.4. The van der Waals surface area contributed by atoms with Crippen LogP contribution >= 0.6 is 0 Å². The van der Waals surface area contributed by atoms with Crippen LogP contribution in [0.1, 0.15) is 31.1 Å². The lowest BCUT2D eigenvalue weighted by atomic mass is 10.1. The van der Waals surface area contributed by atoms with Crippen LogP contribution < -0.4 is 15.4 Å². The fourth-order valence-corrected chi connectivity index (χ4v) is 3.83. The Hall–Kier alpha value is -3.43. The first-order valence-electron chi connectivity index (χ1n) is 11.5. The number of pyridine rings is 1. The molecule has 3 N–H and O–H groups in total. The summed E-state index contributed by atoms with van der Waals surface area (Å²) >= 11 is 0. The van der Waals surface area contributed by atoms with Crippen molar-refractivity contribution in [3.8, 4) is 17.0 Å². The minimum absolute atomic E-state index is 0.178. The summed E-state index contributed by atoms with van der Waals surface area (Å²) in [6.45, 7) is 7.59. The van der Waals surface area contributed by atoms with Gasteiger partial charge in [0.2, 0.25) is 0 Å². The third-order valence-corrected chi connectivity index (χ3v) is 5.87. The maximum Gasteiger partial charge on any atom is 0.160 e. The minimum atomic E-state index is -0.574. The molecule has 0 saturated heterocycles. The van der Waals surface area contributed by atoms with Gasteiger partial charge < -0.3 is 20.5 Å². The molecule has 180 valence electrons. The van der Waals surface area contributed by atoms with Crippen molar-refractivity contribution in [3.63, 3.8) is 0 Å². The third-order valence-electron chi connectivity index (χ3n) is 5.87. The summed E-state index contributed by atoms with van der Waals surface area (Å²) in [6.07, 6.45) is 3.19. The number of hydrogen-bond acceptors (Lipinski definition) is 7. The number of rotatable bonds is 10. The summed E-state index contributed by atoms with van der Waals surface area (Å²) in [4.78, 5) is 4.96. The van der Waals surface area contributed by atoms with Gasteiger partial charge in [-0.2, -0.15) is 10.2 Å². The smallest absolute Gasteiger partial charge is 0.160 e. The topological polar surface area (TPSA) is 102 Å². The monoisotopic (exact) mass is 463 g/mol. The summed E-state index contributed by atoms with van der Waals surface area (Å²) < 4.78 is 9.62. The molecule has 0 aliphatic carbocycles. The van der Waals surface area contributed by atoms with E-state index in [1.54, 1.807) is 7.05 Å². The lowest BCUT2D eigenvalue weighted by Crippen LogP contribution is -2.29. The second-order valence-corrected chi connectivity index (χ2v) is 8.76. The first-order chi connectivity index (χ1) is 16.4. The van der Waals surface area contributed by atoms with Gasteiger partial charge in [-0.3, -0.25) is 4.68 Å². The average Bonchev–Trinajstić information content (AvgIpc) is 3.40. The van der Waals surface area contributed by atoms with E-state index in [0.29, 0.717) is 18.8 Å². The van der Waals surface area contributed by atoms with Gasteiger partial charge in [0.1, 0.15) is 18.5 Å². The molecule has 1 unspecified atom stereocenters. The van der Waals surface area contributed by atoms with Crippen LogP contribution in [0.15, 0.2) is 42.7 Å². The molecule has 0 fully saturated rings. The van der Waals surface area contributed by atoms with Crippen LogP contribution in [0.5, 0.6) is 5.75 Å². The molecule has 3 heterocycles. The molecular weight excluding hydrogens is 430 g/mol. The van der Waals surface area contributed by atoms with Crippen LogP contribution in [0.4, 0.5) is 5.69 Å². The molecule has 1 aromatic carbocycles. The van der Waals surface area contributed by atoms with Gasteiger partial charge in [-0.05, 0) is 46.0 Å². The number of ether oxygens (including phenoxy) is 1. The van der Waals surface area contributed by atoms with E-state index in [4.69, 9.17) is 9.72 Å². The predicted molar refractivity (Wildman–Crippen MR) is 134 cm³/mol. The van der Waals surface area contributed by atoms with Crippen molar-refractivity contribution in [1.29, 1.82) is 0 Å². The number of anilines is 1. The van der Waals surface area contributed by atoms with Gasteiger partial charge >= 0.3 is 0 Å². The lowest BCUT2D eigenvalue weighted by Gasteiger charge is -2.14. The number of aliphatic hydroxyl groups is 1. The Balaban J connectivity index is 1.68. The molecule has 0 spiro atoms. The first kappa shape index (κ1) is 23.7. The van der Waals surface area contributed by atoms with Gasteiger partial charge in [-0.15, -0.1) is 0 Å². The number of aromatic nitrogens is 5. The molecule has 9 nitrogen and oxygen atoms in total. The highest BCUT2D eigenvalue weighted by Gasteiger charge is 2.15. The molecule has 34 heavy (non-hydrogen) atoms. The van der Waals surface area contributed by atoms with Crippen molar-refractivity contribution in [3.05, 3.63) is 54.0 Å². The van der Waals surface area contributed by atoms with Gasteiger partial charge in [-0.1, -0.05) is 12.1 Å². The van der Waals surface area contributed by atoms with Gasteiger partial charge in [0, 0.05) is 48.7 Å². The van der Waals surface area contributed by atoms with E-state index in [0.717, 1.165) is 39.2 Å². The highest BCUT2D eigenvalue weighted by atomic mass is 16.5. The Bertz CT molecular complexity index is 1260. The second-order valence-electron chi connectivity index (χ2n) is 8.76. The Kier molecular flexibility index (Phi) is 7.14. The summed E-state index contributed by atoms with van der Waals surface area (Å²) in [6, 6.07) is 10.0. The molecular formula is C25H33N7O2. The summed E-state index contributed by atoms with van der Waals surface area (Å²) in [7, 11) is 3.75. The van der Waals surface area contributed by atoms with Crippen molar-refractivity contribution < 1.29 is 9.84 Å². The van der Waals surface area contributed by atoms with E-state index in [1.165, 1.54) is 0 Å². The second kappa shape index (κ2) is 10.2. The van der Waals surface area contributed by atoms with Crippen LogP contribution in [0, 0.1) is 6.92 Å². The fraction of sp³-hybridized carbons (Fsp3) is 0.400. The van der Waals surface area contributed by atoms with E-state index in [-0.39, 0.29) is 12.6 Å². The van der Waals surface area contributed by atoms with Crippen molar-refractivity contribution >= 4 is 16.7 Å². The van der Waals surface area contributed by atoms with Crippen LogP contribution in [-0.2, 0) is 13.6 Å². The van der Waals surface area contributed by atoms with Crippen molar-refractivity contribution in [2.45, 2.75) is 39.5 Å². The number of fused-ring (bicyclic) bond motifs is 1. The van der Waals surface area contributed by atoms with Crippen LogP contribution in [-0.4, -0.2) is 56.0 Å². The number of hydrogen-bond donors (Lipinski definition) is 3. The average molecular weight is 464 g/mol. The highest BCUT2D eigenvalue weighted by molar-refractivity contribution is 5.91. The molecule has 0 radical (unpaired) electrons.